The summed E-state index contributed by atoms with van der Waals surface area (Å²) in [6.07, 6.45) is 4.39. The van der Waals surface area contributed by atoms with Crippen LogP contribution in [0.5, 0.6) is 0 Å². The van der Waals surface area contributed by atoms with E-state index in [0.29, 0.717) is 6.42 Å². The molecular formula is C25H32N6O2. The second kappa shape index (κ2) is 9.09. The molecule has 33 heavy (non-hydrogen) atoms. The second-order valence-corrected chi connectivity index (χ2v) is 9.25. The Morgan fingerprint density at radius 1 is 1.09 bits per heavy atom. The summed E-state index contributed by atoms with van der Waals surface area (Å²) in [5.41, 5.74) is 4.47. The van der Waals surface area contributed by atoms with E-state index in [1.54, 1.807) is 6.92 Å². The first-order chi connectivity index (χ1) is 16.0. The Labute approximate surface area is 195 Å². The number of nitrogens with one attached hydrogen (secondary N) is 1. The van der Waals surface area contributed by atoms with E-state index in [2.05, 4.69) is 34.5 Å². The highest BCUT2D eigenvalue weighted by atomic mass is 16.2. The maximum Gasteiger partial charge on any atom is 0.227 e. The van der Waals surface area contributed by atoms with Crippen LogP contribution in [0.1, 0.15) is 61.3 Å². The topological polar surface area (TPSA) is 81.7 Å². The minimum Gasteiger partial charge on any atom is -0.373 e. The fraction of sp³-hybridized carbons (Fsp3) is 0.520. The largest absolute Gasteiger partial charge is 0.373 e. The van der Waals surface area contributed by atoms with Gasteiger partial charge in [-0.3, -0.25) is 14.5 Å². The quantitative estimate of drug-likeness (QED) is 0.758. The van der Waals surface area contributed by atoms with Gasteiger partial charge in [-0.2, -0.15) is 0 Å². The van der Waals surface area contributed by atoms with E-state index < -0.39 is 0 Å². The molecular weight excluding hydrogens is 416 g/mol. The van der Waals surface area contributed by atoms with E-state index in [-0.39, 0.29) is 17.9 Å². The van der Waals surface area contributed by atoms with Crippen LogP contribution >= 0.6 is 0 Å². The van der Waals surface area contributed by atoms with Gasteiger partial charge in [0.2, 0.25) is 11.8 Å². The molecule has 8 heteroatoms. The van der Waals surface area contributed by atoms with Crippen molar-refractivity contribution in [1.82, 2.24) is 19.8 Å². The maximum absolute atomic E-state index is 12.1. The van der Waals surface area contributed by atoms with Crippen molar-refractivity contribution in [2.24, 2.45) is 0 Å². The second-order valence-electron chi connectivity index (χ2n) is 9.25. The molecule has 2 fully saturated rings. The minimum absolute atomic E-state index is 0.0314. The minimum atomic E-state index is -0.0314. The number of rotatable bonds is 5. The normalized spacial score (nSPS) is 20.9. The number of nitrogens with zero attached hydrogens (tertiary/aromatic N) is 5. The molecule has 0 saturated carbocycles. The first-order valence-corrected chi connectivity index (χ1v) is 12.0. The Morgan fingerprint density at radius 3 is 2.61 bits per heavy atom. The standard InChI is InChI=1S/C25H32N6O2/c1-17(32)30-12-3-5-22(30)25-27-21-16-29(14-11-20(21)24(26-2)28-25)15-18-7-9-19(10-8-18)31-13-4-6-23(31)33/h7-10,22H,3-6,11-16H2,1-2H3,(H,26,27,28). The fourth-order valence-corrected chi connectivity index (χ4v) is 5.37. The molecule has 2 saturated heterocycles. The Kier molecular flexibility index (Phi) is 6.01. The van der Waals surface area contributed by atoms with Gasteiger partial charge in [0.1, 0.15) is 5.82 Å². The molecule has 0 bridgehead atoms. The van der Waals surface area contributed by atoms with Crippen LogP contribution in [0.3, 0.4) is 0 Å². The zero-order chi connectivity index (χ0) is 22.9. The molecule has 0 aliphatic carbocycles. The highest BCUT2D eigenvalue weighted by molar-refractivity contribution is 5.95. The average Bonchev–Trinajstić information content (AvgIpc) is 3.48. The predicted molar refractivity (Wildman–Crippen MR) is 127 cm³/mol. The molecule has 1 atom stereocenters. The molecule has 1 N–H and O–H groups in total. The number of amides is 2. The monoisotopic (exact) mass is 448 g/mol. The third-order valence-electron chi connectivity index (χ3n) is 7.08. The summed E-state index contributed by atoms with van der Waals surface area (Å²) >= 11 is 0. The number of likely N-dealkylation sites (tertiary alicyclic amines) is 1. The van der Waals surface area contributed by atoms with E-state index in [1.807, 2.05) is 16.8 Å². The lowest BCUT2D eigenvalue weighted by molar-refractivity contribution is -0.129. The van der Waals surface area contributed by atoms with Gasteiger partial charge in [0.05, 0.1) is 11.7 Å². The molecule has 2 aromatic rings. The number of aromatic nitrogens is 2. The van der Waals surface area contributed by atoms with E-state index in [4.69, 9.17) is 9.97 Å². The van der Waals surface area contributed by atoms with Gasteiger partial charge in [-0.05, 0) is 43.4 Å². The van der Waals surface area contributed by atoms with Crippen LogP contribution in [-0.2, 0) is 29.1 Å². The van der Waals surface area contributed by atoms with E-state index in [0.717, 1.165) is 81.4 Å². The predicted octanol–water partition coefficient (Wildman–Crippen LogP) is 2.89. The molecule has 3 aliphatic rings. The Hall–Kier alpha value is -3.00. The van der Waals surface area contributed by atoms with Gasteiger partial charge in [0.25, 0.3) is 0 Å². The van der Waals surface area contributed by atoms with Gasteiger partial charge in [-0.25, -0.2) is 9.97 Å². The van der Waals surface area contributed by atoms with E-state index in [1.165, 1.54) is 11.1 Å². The summed E-state index contributed by atoms with van der Waals surface area (Å²) in [6, 6.07) is 8.35. The van der Waals surface area contributed by atoms with Crippen LogP contribution in [0.4, 0.5) is 11.5 Å². The molecule has 1 aromatic heterocycles. The van der Waals surface area contributed by atoms with Crippen molar-refractivity contribution < 1.29 is 9.59 Å². The molecule has 174 valence electrons. The molecule has 0 spiro atoms. The van der Waals surface area contributed by atoms with Crippen molar-refractivity contribution in [2.45, 2.75) is 58.2 Å². The summed E-state index contributed by atoms with van der Waals surface area (Å²) in [6.45, 7) is 5.77. The highest BCUT2D eigenvalue weighted by Gasteiger charge is 2.32. The van der Waals surface area contributed by atoms with Crippen LogP contribution in [0.25, 0.3) is 0 Å². The lowest BCUT2D eigenvalue weighted by Crippen LogP contribution is -2.33. The Morgan fingerprint density at radius 2 is 1.91 bits per heavy atom. The summed E-state index contributed by atoms with van der Waals surface area (Å²) in [4.78, 5) is 40.1. The van der Waals surface area contributed by atoms with Gasteiger partial charge < -0.3 is 15.1 Å². The smallest absolute Gasteiger partial charge is 0.227 e. The fourth-order valence-electron chi connectivity index (χ4n) is 5.37. The molecule has 1 unspecified atom stereocenters. The molecule has 4 heterocycles. The number of anilines is 2. The SMILES string of the molecule is CNc1nc(C2CCCN2C(C)=O)nc2c1CCN(Cc1ccc(N3CCCC3=O)cc1)C2. The van der Waals surface area contributed by atoms with Crippen molar-refractivity contribution in [2.75, 3.05) is 36.9 Å². The highest BCUT2D eigenvalue weighted by Crippen LogP contribution is 2.33. The van der Waals surface area contributed by atoms with Crippen LogP contribution < -0.4 is 10.2 Å². The molecule has 3 aliphatic heterocycles. The van der Waals surface area contributed by atoms with Gasteiger partial charge in [0, 0.05) is 64.4 Å². The third-order valence-corrected chi connectivity index (χ3v) is 7.08. The third kappa shape index (κ3) is 4.31. The maximum atomic E-state index is 12.1. The molecule has 0 radical (unpaired) electrons. The van der Waals surface area contributed by atoms with Crippen LogP contribution in [-0.4, -0.2) is 58.3 Å². The molecule has 2 amide bonds. The van der Waals surface area contributed by atoms with Crippen molar-refractivity contribution in [3.8, 4) is 0 Å². The summed E-state index contributed by atoms with van der Waals surface area (Å²) in [7, 11) is 1.91. The molecule has 1 aromatic carbocycles. The van der Waals surface area contributed by atoms with Crippen molar-refractivity contribution in [3.63, 3.8) is 0 Å². The number of hydrogen-bond donors (Lipinski definition) is 1. The summed E-state index contributed by atoms with van der Waals surface area (Å²) < 4.78 is 0. The first kappa shape index (κ1) is 21.8. The zero-order valence-electron chi connectivity index (χ0n) is 19.5. The zero-order valence-corrected chi connectivity index (χ0v) is 19.5. The number of carbonyl (C=O) groups is 2. The van der Waals surface area contributed by atoms with Crippen LogP contribution in [0.2, 0.25) is 0 Å². The Balaban J connectivity index is 1.32. The lowest BCUT2D eigenvalue weighted by atomic mass is 10.0. The van der Waals surface area contributed by atoms with Crippen molar-refractivity contribution >= 4 is 23.3 Å². The van der Waals surface area contributed by atoms with Gasteiger partial charge in [-0.1, -0.05) is 12.1 Å². The van der Waals surface area contributed by atoms with Crippen molar-refractivity contribution in [1.29, 1.82) is 0 Å². The van der Waals surface area contributed by atoms with Gasteiger partial charge in [0.15, 0.2) is 5.82 Å². The molecule has 8 nitrogen and oxygen atoms in total. The van der Waals surface area contributed by atoms with Crippen LogP contribution in [0, 0.1) is 0 Å². The summed E-state index contributed by atoms with van der Waals surface area (Å²) in [5, 5.41) is 3.26. The van der Waals surface area contributed by atoms with Crippen LogP contribution in [0.15, 0.2) is 24.3 Å². The van der Waals surface area contributed by atoms with Gasteiger partial charge in [-0.15, -0.1) is 0 Å². The lowest BCUT2D eigenvalue weighted by Gasteiger charge is -2.30. The number of carbonyl (C=O) groups excluding carboxylic acids is 2. The number of hydrogen-bond acceptors (Lipinski definition) is 6. The van der Waals surface area contributed by atoms with E-state index >= 15 is 0 Å². The van der Waals surface area contributed by atoms with Gasteiger partial charge >= 0.3 is 0 Å². The molecule has 5 rings (SSSR count). The average molecular weight is 449 g/mol. The first-order valence-electron chi connectivity index (χ1n) is 12.0. The number of fused-ring (bicyclic) bond motifs is 1. The summed E-state index contributed by atoms with van der Waals surface area (Å²) in [5.74, 6) is 1.96. The Bertz CT molecular complexity index is 1050. The van der Waals surface area contributed by atoms with E-state index in [9.17, 15) is 9.59 Å². The number of benzene rings is 1. The van der Waals surface area contributed by atoms with Crippen molar-refractivity contribution in [3.05, 3.63) is 46.9 Å².